The van der Waals surface area contributed by atoms with Crippen molar-refractivity contribution in [1.82, 2.24) is 25.0 Å². The van der Waals surface area contributed by atoms with Crippen LogP contribution in [0.3, 0.4) is 0 Å². The van der Waals surface area contributed by atoms with E-state index in [0.717, 1.165) is 18.9 Å². The maximum absolute atomic E-state index is 4.37. The lowest BCUT2D eigenvalue weighted by Crippen LogP contribution is -2.44. The number of piperidine rings is 1. The van der Waals surface area contributed by atoms with E-state index in [9.17, 15) is 0 Å². The van der Waals surface area contributed by atoms with Gasteiger partial charge in [0.05, 0.1) is 6.54 Å². The van der Waals surface area contributed by atoms with Gasteiger partial charge in [0, 0.05) is 25.6 Å². The number of nitrogens with one attached hydrogen (secondary N) is 1. The third kappa shape index (κ3) is 3.85. The zero-order chi connectivity index (χ0) is 12.5. The van der Waals surface area contributed by atoms with E-state index in [0.29, 0.717) is 12.0 Å². The Bertz CT molecular complexity index is 419. The van der Waals surface area contributed by atoms with E-state index in [1.807, 2.05) is 0 Å². The van der Waals surface area contributed by atoms with Crippen LogP contribution in [0.2, 0.25) is 0 Å². The molecule has 20 heavy (non-hydrogen) atoms. The zero-order valence-electron chi connectivity index (χ0n) is 12.2. The number of rotatable bonds is 4. The van der Waals surface area contributed by atoms with Crippen LogP contribution in [0.15, 0.2) is 0 Å². The molecular formula is C13H25Cl2N5. The van der Waals surface area contributed by atoms with Gasteiger partial charge in [-0.2, -0.15) is 0 Å². The molecule has 7 heteroatoms. The normalized spacial score (nSPS) is 23.0. The molecule has 0 spiro atoms. The fraction of sp³-hybridized carbons (Fsp3) is 0.846. The van der Waals surface area contributed by atoms with Crippen molar-refractivity contribution in [1.29, 1.82) is 0 Å². The molecule has 1 N–H and O–H groups in total. The van der Waals surface area contributed by atoms with Crippen molar-refractivity contribution in [2.75, 3.05) is 20.1 Å². The highest BCUT2D eigenvalue weighted by Gasteiger charge is 2.29. The Balaban J connectivity index is 0.000001000. The molecule has 0 radical (unpaired) electrons. The van der Waals surface area contributed by atoms with Crippen molar-refractivity contribution < 1.29 is 0 Å². The lowest BCUT2D eigenvalue weighted by atomic mass is 10.1. The van der Waals surface area contributed by atoms with Crippen molar-refractivity contribution in [3.8, 4) is 0 Å². The second-order valence-corrected chi connectivity index (χ2v) is 5.67. The van der Waals surface area contributed by atoms with Crippen LogP contribution in [-0.2, 0) is 13.6 Å². The van der Waals surface area contributed by atoms with Crippen LogP contribution >= 0.6 is 24.8 Å². The van der Waals surface area contributed by atoms with Crippen LogP contribution in [0.4, 0.5) is 0 Å². The maximum Gasteiger partial charge on any atom is 0.146 e. The van der Waals surface area contributed by atoms with E-state index in [1.54, 1.807) is 0 Å². The molecule has 2 heterocycles. The summed E-state index contributed by atoms with van der Waals surface area (Å²) in [5, 5.41) is 12.1. The smallest absolute Gasteiger partial charge is 0.146 e. The predicted molar refractivity (Wildman–Crippen MR) is 84.8 cm³/mol. The predicted octanol–water partition coefficient (Wildman–Crippen LogP) is 1.72. The van der Waals surface area contributed by atoms with E-state index >= 15 is 0 Å². The molecular weight excluding hydrogens is 297 g/mol. The molecule has 5 nitrogen and oxygen atoms in total. The third-order valence-electron chi connectivity index (χ3n) is 4.22. The summed E-state index contributed by atoms with van der Waals surface area (Å²) in [5.74, 6) is 2.99. The van der Waals surface area contributed by atoms with Crippen molar-refractivity contribution in [2.24, 2.45) is 7.05 Å². The maximum atomic E-state index is 4.37. The van der Waals surface area contributed by atoms with Crippen molar-refractivity contribution in [3.05, 3.63) is 11.6 Å². The quantitative estimate of drug-likeness (QED) is 0.917. The Kier molecular flexibility index (Phi) is 6.72. The van der Waals surface area contributed by atoms with Gasteiger partial charge in [-0.05, 0) is 39.3 Å². The van der Waals surface area contributed by atoms with Crippen LogP contribution in [0, 0.1) is 0 Å². The first-order valence-electron chi connectivity index (χ1n) is 7.05. The molecule has 1 atom stereocenters. The highest BCUT2D eigenvalue weighted by atomic mass is 35.5. The molecule has 116 valence electrons. The van der Waals surface area contributed by atoms with Crippen molar-refractivity contribution >= 4 is 24.8 Å². The lowest BCUT2D eigenvalue weighted by Gasteiger charge is -2.32. The van der Waals surface area contributed by atoms with Gasteiger partial charge in [-0.3, -0.25) is 4.90 Å². The minimum absolute atomic E-state index is 0. The van der Waals surface area contributed by atoms with E-state index < -0.39 is 0 Å². The van der Waals surface area contributed by atoms with E-state index in [-0.39, 0.29) is 24.8 Å². The minimum Gasteiger partial charge on any atom is -0.317 e. The monoisotopic (exact) mass is 321 g/mol. The molecule has 1 aliphatic carbocycles. The summed E-state index contributed by atoms with van der Waals surface area (Å²) >= 11 is 0. The summed E-state index contributed by atoms with van der Waals surface area (Å²) in [4.78, 5) is 2.49. The van der Waals surface area contributed by atoms with E-state index in [2.05, 4.69) is 39.1 Å². The first-order valence-corrected chi connectivity index (χ1v) is 7.05. The molecule has 1 saturated carbocycles. The summed E-state index contributed by atoms with van der Waals surface area (Å²) in [5.41, 5.74) is 0. The average Bonchev–Trinajstić information content (AvgIpc) is 3.17. The number of likely N-dealkylation sites (tertiary alicyclic amines) is 1. The molecule has 0 amide bonds. The summed E-state index contributed by atoms with van der Waals surface area (Å²) in [6, 6.07) is 0.634. The molecule has 1 aliphatic heterocycles. The van der Waals surface area contributed by atoms with Gasteiger partial charge in [-0.1, -0.05) is 0 Å². The molecule has 2 fully saturated rings. The van der Waals surface area contributed by atoms with Gasteiger partial charge in [-0.15, -0.1) is 35.0 Å². The van der Waals surface area contributed by atoms with Gasteiger partial charge >= 0.3 is 0 Å². The number of halogens is 2. The number of aromatic nitrogens is 3. The van der Waals surface area contributed by atoms with Crippen LogP contribution in [0.1, 0.15) is 43.3 Å². The van der Waals surface area contributed by atoms with Gasteiger partial charge in [0.2, 0.25) is 0 Å². The summed E-state index contributed by atoms with van der Waals surface area (Å²) in [7, 11) is 4.17. The summed E-state index contributed by atoms with van der Waals surface area (Å²) < 4.78 is 2.21. The average molecular weight is 322 g/mol. The number of nitrogens with zero attached hydrogens (tertiary/aromatic N) is 4. The molecule has 1 saturated heterocycles. The summed E-state index contributed by atoms with van der Waals surface area (Å²) in [6.45, 7) is 3.25. The van der Waals surface area contributed by atoms with Crippen molar-refractivity contribution in [3.63, 3.8) is 0 Å². The Morgan fingerprint density at radius 3 is 2.60 bits per heavy atom. The first kappa shape index (κ1) is 17.7. The Hall–Kier alpha value is -0.360. The van der Waals surface area contributed by atoms with Gasteiger partial charge in [-0.25, -0.2) is 0 Å². The largest absolute Gasteiger partial charge is 0.317 e. The SMILES string of the molecule is CNC1CCCN(Cc2nnc(C3CC3)n2C)C1.Cl.Cl. The second-order valence-electron chi connectivity index (χ2n) is 5.67. The Morgan fingerprint density at radius 1 is 1.20 bits per heavy atom. The minimum atomic E-state index is 0. The highest BCUT2D eigenvalue weighted by molar-refractivity contribution is 5.85. The second kappa shape index (κ2) is 7.59. The topological polar surface area (TPSA) is 46.0 Å². The van der Waals surface area contributed by atoms with Gasteiger partial charge in [0.1, 0.15) is 11.6 Å². The van der Waals surface area contributed by atoms with Gasteiger partial charge in [0.25, 0.3) is 0 Å². The summed E-state index contributed by atoms with van der Waals surface area (Å²) in [6.07, 6.45) is 5.15. The lowest BCUT2D eigenvalue weighted by molar-refractivity contribution is 0.182. The fourth-order valence-electron chi connectivity index (χ4n) is 2.84. The molecule has 1 aromatic rings. The molecule has 0 bridgehead atoms. The van der Waals surface area contributed by atoms with Crippen LogP contribution in [0.5, 0.6) is 0 Å². The first-order chi connectivity index (χ1) is 8.78. The van der Waals surface area contributed by atoms with Crippen LogP contribution in [-0.4, -0.2) is 45.8 Å². The third-order valence-corrected chi connectivity index (χ3v) is 4.22. The zero-order valence-corrected chi connectivity index (χ0v) is 13.8. The van der Waals surface area contributed by atoms with E-state index in [4.69, 9.17) is 0 Å². The van der Waals surface area contributed by atoms with Gasteiger partial charge in [0.15, 0.2) is 0 Å². The standard InChI is InChI=1S/C13H23N5.2ClH/c1-14-11-4-3-7-18(8-11)9-12-15-16-13(17(12)2)10-5-6-10;;/h10-11,14H,3-9H2,1-2H3;2*1H. The number of hydrogen-bond acceptors (Lipinski definition) is 4. The Morgan fingerprint density at radius 2 is 1.95 bits per heavy atom. The number of hydrogen-bond donors (Lipinski definition) is 1. The Labute approximate surface area is 133 Å². The van der Waals surface area contributed by atoms with Gasteiger partial charge < -0.3 is 9.88 Å². The van der Waals surface area contributed by atoms with E-state index in [1.165, 1.54) is 38.1 Å². The van der Waals surface area contributed by atoms with Crippen molar-refractivity contribution in [2.45, 2.75) is 44.2 Å². The number of likely N-dealkylation sites (N-methyl/N-ethyl adjacent to an activating group) is 1. The van der Waals surface area contributed by atoms with Crippen LogP contribution < -0.4 is 5.32 Å². The molecule has 1 aromatic heterocycles. The highest BCUT2D eigenvalue weighted by Crippen LogP contribution is 2.38. The molecule has 0 aromatic carbocycles. The van der Waals surface area contributed by atoms with Crippen LogP contribution in [0.25, 0.3) is 0 Å². The molecule has 2 aliphatic rings. The molecule has 1 unspecified atom stereocenters. The molecule has 3 rings (SSSR count). The fourth-order valence-corrected chi connectivity index (χ4v) is 2.84.